The third-order valence-corrected chi connectivity index (χ3v) is 2.67. The Hall–Kier alpha value is -1.47. The number of nitrogens with zero attached hydrogens (tertiary/aromatic N) is 1. The number of benzene rings is 1. The van der Waals surface area contributed by atoms with Gasteiger partial charge in [0.2, 0.25) is 11.7 Å². The molecule has 0 radical (unpaired) electrons. The van der Waals surface area contributed by atoms with Crippen LogP contribution < -0.4 is 16.0 Å². The third-order valence-electron chi connectivity index (χ3n) is 2.55. The number of hydrogen-bond donors (Lipinski definition) is 2. The lowest BCUT2D eigenvalue weighted by Gasteiger charge is -2.23. The zero-order valence-corrected chi connectivity index (χ0v) is 12.1. The molecular weight excluding hydrogens is 318 g/mol. The van der Waals surface area contributed by atoms with Gasteiger partial charge in [0, 0.05) is 12.5 Å². The Balaban J connectivity index is 0.00000162. The van der Waals surface area contributed by atoms with Gasteiger partial charge < -0.3 is 11.1 Å². The van der Waals surface area contributed by atoms with Gasteiger partial charge in [0.15, 0.2) is 11.3 Å². The van der Waals surface area contributed by atoms with Crippen molar-refractivity contribution in [3.63, 3.8) is 0 Å². The Bertz CT molecular complexity index is 521. The van der Waals surface area contributed by atoms with Crippen molar-refractivity contribution in [1.82, 2.24) is 5.32 Å². The van der Waals surface area contributed by atoms with Crippen molar-refractivity contribution in [2.24, 2.45) is 5.73 Å². The van der Waals surface area contributed by atoms with Crippen molar-refractivity contribution in [3.8, 4) is 0 Å². The normalized spacial score (nSPS) is 16.8. The van der Waals surface area contributed by atoms with Crippen LogP contribution in [0.4, 0.5) is 5.69 Å². The van der Waals surface area contributed by atoms with Gasteiger partial charge in [0.25, 0.3) is 0 Å². The predicted molar refractivity (Wildman–Crippen MR) is 78.0 cm³/mol. The number of anilines is 1. The van der Waals surface area contributed by atoms with E-state index in [0.717, 1.165) is 0 Å². The van der Waals surface area contributed by atoms with Crippen LogP contribution >= 0.6 is 29.2 Å². The standard InChI is InChI=1S/C11H11N3O2S.BrH/c1-6(15)14-8-5-3-2-4-7(8)9(16)10(14)13-11(12)17;/h2-5,10H,1H3,(H3,12,13,17);1H. The van der Waals surface area contributed by atoms with Crippen molar-refractivity contribution in [1.29, 1.82) is 0 Å². The topological polar surface area (TPSA) is 75.4 Å². The first-order valence-corrected chi connectivity index (χ1v) is 5.42. The number of nitrogens with two attached hydrogens (primary N) is 1. The Labute approximate surface area is 120 Å². The maximum absolute atomic E-state index is 12.1. The van der Waals surface area contributed by atoms with E-state index in [0.29, 0.717) is 11.3 Å². The van der Waals surface area contributed by atoms with Crippen molar-refractivity contribution >= 4 is 51.7 Å². The van der Waals surface area contributed by atoms with Gasteiger partial charge in [-0.1, -0.05) is 12.1 Å². The van der Waals surface area contributed by atoms with E-state index in [1.807, 2.05) is 0 Å². The molecule has 2 rings (SSSR count). The molecule has 0 spiro atoms. The third kappa shape index (κ3) is 2.37. The van der Waals surface area contributed by atoms with Gasteiger partial charge in [0.1, 0.15) is 0 Å². The number of nitrogens with one attached hydrogen (secondary N) is 1. The van der Waals surface area contributed by atoms with Crippen LogP contribution in [0, 0.1) is 0 Å². The molecule has 5 nitrogen and oxygen atoms in total. The van der Waals surface area contributed by atoms with Crippen LogP contribution in [0.3, 0.4) is 0 Å². The molecule has 1 aliphatic heterocycles. The summed E-state index contributed by atoms with van der Waals surface area (Å²) in [4.78, 5) is 25.0. The molecule has 1 aromatic rings. The maximum atomic E-state index is 12.1. The molecule has 3 N–H and O–H groups in total. The highest BCUT2D eigenvalue weighted by molar-refractivity contribution is 8.93. The summed E-state index contributed by atoms with van der Waals surface area (Å²) in [6, 6.07) is 6.91. The summed E-state index contributed by atoms with van der Waals surface area (Å²) < 4.78 is 0. The second-order valence-corrected chi connectivity index (χ2v) is 4.12. The fourth-order valence-corrected chi connectivity index (χ4v) is 2.02. The molecule has 0 bridgehead atoms. The van der Waals surface area contributed by atoms with E-state index in [1.165, 1.54) is 11.8 Å². The number of amides is 1. The second kappa shape index (κ2) is 5.45. The lowest BCUT2D eigenvalue weighted by Crippen LogP contribution is -2.52. The number of rotatable bonds is 1. The quantitative estimate of drug-likeness (QED) is 0.751. The lowest BCUT2D eigenvalue weighted by atomic mass is 10.1. The van der Waals surface area contributed by atoms with Crippen LogP contribution in [-0.4, -0.2) is 23.0 Å². The molecule has 0 aromatic heterocycles. The van der Waals surface area contributed by atoms with Crippen LogP contribution in [0.15, 0.2) is 24.3 Å². The van der Waals surface area contributed by atoms with Crippen LogP contribution in [-0.2, 0) is 4.79 Å². The fraction of sp³-hybridized carbons (Fsp3) is 0.182. The minimum atomic E-state index is -0.831. The molecule has 1 aliphatic rings. The smallest absolute Gasteiger partial charge is 0.225 e. The molecule has 0 aliphatic carbocycles. The van der Waals surface area contributed by atoms with E-state index in [-0.39, 0.29) is 33.8 Å². The molecular formula is C11H12BrN3O2S. The summed E-state index contributed by atoms with van der Waals surface area (Å²) in [6.07, 6.45) is -0.831. The summed E-state index contributed by atoms with van der Waals surface area (Å²) >= 11 is 4.71. The molecule has 1 aromatic carbocycles. The monoisotopic (exact) mass is 329 g/mol. The largest absolute Gasteiger partial charge is 0.376 e. The van der Waals surface area contributed by atoms with E-state index in [4.69, 9.17) is 18.0 Å². The van der Waals surface area contributed by atoms with Gasteiger partial charge in [-0.3, -0.25) is 14.5 Å². The van der Waals surface area contributed by atoms with Crippen LogP contribution in [0.2, 0.25) is 0 Å². The van der Waals surface area contributed by atoms with E-state index < -0.39 is 6.17 Å². The van der Waals surface area contributed by atoms with Gasteiger partial charge in [-0.05, 0) is 24.4 Å². The number of para-hydroxylation sites is 1. The zero-order valence-electron chi connectivity index (χ0n) is 9.54. The molecule has 18 heavy (non-hydrogen) atoms. The first-order valence-electron chi connectivity index (χ1n) is 5.01. The van der Waals surface area contributed by atoms with Gasteiger partial charge in [0.05, 0.1) is 5.69 Å². The first-order chi connectivity index (χ1) is 8.02. The number of halogens is 1. The van der Waals surface area contributed by atoms with Crippen LogP contribution in [0.5, 0.6) is 0 Å². The lowest BCUT2D eigenvalue weighted by molar-refractivity contribution is -0.116. The van der Waals surface area contributed by atoms with Crippen LogP contribution in [0.25, 0.3) is 0 Å². The van der Waals surface area contributed by atoms with E-state index >= 15 is 0 Å². The minimum absolute atomic E-state index is 0. The maximum Gasteiger partial charge on any atom is 0.225 e. The molecule has 0 fully saturated rings. The van der Waals surface area contributed by atoms with Gasteiger partial charge in [-0.2, -0.15) is 0 Å². The number of hydrogen-bond acceptors (Lipinski definition) is 3. The molecule has 1 atom stereocenters. The Morgan fingerprint density at radius 3 is 2.61 bits per heavy atom. The highest BCUT2D eigenvalue weighted by Gasteiger charge is 2.39. The predicted octanol–water partition coefficient (Wildman–Crippen LogP) is 0.973. The number of thiocarbonyl (C=S) groups is 1. The fourth-order valence-electron chi connectivity index (χ4n) is 1.91. The van der Waals surface area contributed by atoms with E-state index in [9.17, 15) is 9.59 Å². The number of carbonyl (C=O) groups excluding carboxylic acids is 2. The number of Topliss-reactive ketones (excluding diaryl/α,β-unsaturated/α-hetero) is 1. The molecule has 1 unspecified atom stereocenters. The number of fused-ring (bicyclic) bond motifs is 1. The summed E-state index contributed by atoms with van der Waals surface area (Å²) in [5, 5.41) is 2.62. The molecule has 1 heterocycles. The Morgan fingerprint density at radius 1 is 1.44 bits per heavy atom. The molecule has 1 amide bonds. The highest BCUT2D eigenvalue weighted by Crippen LogP contribution is 2.30. The molecule has 7 heteroatoms. The van der Waals surface area contributed by atoms with Gasteiger partial charge >= 0.3 is 0 Å². The molecule has 0 saturated carbocycles. The average molecular weight is 330 g/mol. The number of carbonyl (C=O) groups is 2. The molecule has 0 saturated heterocycles. The minimum Gasteiger partial charge on any atom is -0.376 e. The average Bonchev–Trinajstić information content (AvgIpc) is 2.52. The highest BCUT2D eigenvalue weighted by atomic mass is 79.9. The van der Waals surface area contributed by atoms with Gasteiger partial charge in [-0.25, -0.2) is 0 Å². The van der Waals surface area contributed by atoms with E-state index in [2.05, 4.69) is 5.32 Å². The summed E-state index contributed by atoms with van der Waals surface area (Å²) in [5.74, 6) is -0.444. The summed E-state index contributed by atoms with van der Waals surface area (Å²) in [6.45, 7) is 1.39. The zero-order chi connectivity index (χ0) is 12.6. The Kier molecular flexibility index (Phi) is 4.42. The SMILES string of the molecule is Br.CC(=O)N1c2ccccc2C(=O)C1NC(N)=S. The van der Waals surface area contributed by atoms with E-state index in [1.54, 1.807) is 24.3 Å². The van der Waals surface area contributed by atoms with Gasteiger partial charge in [-0.15, -0.1) is 17.0 Å². The van der Waals surface area contributed by atoms with Crippen molar-refractivity contribution < 1.29 is 9.59 Å². The summed E-state index contributed by atoms with van der Waals surface area (Å²) in [5.41, 5.74) is 6.44. The van der Waals surface area contributed by atoms with Crippen molar-refractivity contribution in [3.05, 3.63) is 29.8 Å². The Morgan fingerprint density at radius 2 is 2.06 bits per heavy atom. The number of ketones is 1. The van der Waals surface area contributed by atoms with Crippen molar-refractivity contribution in [2.45, 2.75) is 13.1 Å². The van der Waals surface area contributed by atoms with Crippen molar-refractivity contribution in [2.75, 3.05) is 4.90 Å². The summed E-state index contributed by atoms with van der Waals surface area (Å²) in [7, 11) is 0. The first kappa shape index (κ1) is 14.6. The second-order valence-electron chi connectivity index (χ2n) is 3.68. The van der Waals surface area contributed by atoms with Crippen LogP contribution in [0.1, 0.15) is 17.3 Å². The molecule has 96 valence electrons.